The summed E-state index contributed by atoms with van der Waals surface area (Å²) in [5.74, 6) is 2.09. The van der Waals surface area contributed by atoms with E-state index in [1.165, 1.54) is 5.56 Å². The van der Waals surface area contributed by atoms with Crippen molar-refractivity contribution in [2.75, 3.05) is 12.4 Å². The van der Waals surface area contributed by atoms with Crippen LogP contribution in [0.2, 0.25) is 0 Å². The summed E-state index contributed by atoms with van der Waals surface area (Å²) in [5.41, 5.74) is 1.24. The summed E-state index contributed by atoms with van der Waals surface area (Å²) in [5, 5.41) is 0. The summed E-state index contributed by atoms with van der Waals surface area (Å²) in [7, 11) is 0. The summed E-state index contributed by atoms with van der Waals surface area (Å²) in [6.07, 6.45) is 0. The van der Waals surface area contributed by atoms with Crippen molar-refractivity contribution in [3.63, 3.8) is 0 Å². The quantitative estimate of drug-likeness (QED) is 0.729. The van der Waals surface area contributed by atoms with Crippen molar-refractivity contribution in [3.05, 3.63) is 35.9 Å². The van der Waals surface area contributed by atoms with E-state index in [4.69, 9.17) is 4.74 Å². The van der Waals surface area contributed by atoms with E-state index >= 15 is 0 Å². The Morgan fingerprint density at radius 3 is 2.40 bits per heavy atom. The van der Waals surface area contributed by atoms with Crippen LogP contribution >= 0.6 is 12.6 Å². The van der Waals surface area contributed by atoms with Crippen molar-refractivity contribution in [1.29, 1.82) is 0 Å². The molecule has 0 aliphatic rings. The predicted molar refractivity (Wildman–Crippen MR) is 68.3 cm³/mol. The zero-order chi connectivity index (χ0) is 11.1. The Kier molecular flexibility index (Phi) is 5.81. The van der Waals surface area contributed by atoms with Crippen LogP contribution < -0.4 is 0 Å². The normalized spacial score (nSPS) is 13.1. The van der Waals surface area contributed by atoms with Gasteiger partial charge in [-0.3, -0.25) is 0 Å². The van der Waals surface area contributed by atoms with Crippen molar-refractivity contribution in [2.45, 2.75) is 20.5 Å². The number of hydrogen-bond donors (Lipinski definition) is 1. The van der Waals surface area contributed by atoms with Crippen LogP contribution in [0.3, 0.4) is 0 Å². The summed E-state index contributed by atoms with van der Waals surface area (Å²) in [4.78, 5) is 0. The molecule has 0 saturated carbocycles. The first-order chi connectivity index (χ1) is 7.24. The Bertz CT molecular complexity index is 258. The Morgan fingerprint density at radius 1 is 1.20 bits per heavy atom. The van der Waals surface area contributed by atoms with Crippen LogP contribution in [0.5, 0.6) is 0 Å². The average molecular weight is 224 g/mol. The fraction of sp³-hybridized carbons (Fsp3) is 0.538. The topological polar surface area (TPSA) is 9.23 Å². The largest absolute Gasteiger partial charge is 0.376 e. The van der Waals surface area contributed by atoms with E-state index in [9.17, 15) is 0 Å². The highest BCUT2D eigenvalue weighted by atomic mass is 32.1. The van der Waals surface area contributed by atoms with Crippen LogP contribution in [0.25, 0.3) is 0 Å². The Labute approximate surface area is 98.3 Å². The standard InChI is InChI=1S/C13H20OS/c1-11(2)13(10-15)9-14-8-12-6-4-3-5-7-12/h3-7,11,13,15H,8-10H2,1-2H3. The molecule has 0 bridgehead atoms. The van der Waals surface area contributed by atoms with Gasteiger partial charge in [0.05, 0.1) is 13.2 Å². The molecule has 0 aliphatic heterocycles. The van der Waals surface area contributed by atoms with E-state index in [2.05, 4.69) is 38.6 Å². The third-order valence-electron chi connectivity index (χ3n) is 2.62. The lowest BCUT2D eigenvalue weighted by Crippen LogP contribution is -2.17. The molecule has 0 saturated heterocycles. The molecule has 0 aliphatic carbocycles. The molecule has 0 radical (unpaired) electrons. The number of thiol groups is 1. The van der Waals surface area contributed by atoms with Gasteiger partial charge in [-0.2, -0.15) is 12.6 Å². The van der Waals surface area contributed by atoms with E-state index < -0.39 is 0 Å². The number of ether oxygens (including phenoxy) is 1. The molecule has 0 amide bonds. The Morgan fingerprint density at radius 2 is 1.87 bits per heavy atom. The highest BCUT2D eigenvalue weighted by Gasteiger charge is 2.11. The highest BCUT2D eigenvalue weighted by Crippen LogP contribution is 2.13. The van der Waals surface area contributed by atoms with E-state index in [1.54, 1.807) is 0 Å². The first-order valence-electron chi connectivity index (χ1n) is 5.46. The van der Waals surface area contributed by atoms with Gasteiger partial charge in [0, 0.05) is 0 Å². The van der Waals surface area contributed by atoms with Gasteiger partial charge in [-0.15, -0.1) is 0 Å². The van der Waals surface area contributed by atoms with Crippen LogP contribution in [-0.2, 0) is 11.3 Å². The van der Waals surface area contributed by atoms with Gasteiger partial charge in [-0.05, 0) is 23.2 Å². The summed E-state index contributed by atoms with van der Waals surface area (Å²) in [6, 6.07) is 10.3. The molecule has 0 N–H and O–H groups in total. The lowest BCUT2D eigenvalue weighted by atomic mass is 9.99. The first kappa shape index (κ1) is 12.6. The molecule has 84 valence electrons. The SMILES string of the molecule is CC(C)C(CS)COCc1ccccc1. The second kappa shape index (κ2) is 6.91. The van der Waals surface area contributed by atoms with E-state index in [0.29, 0.717) is 18.4 Å². The van der Waals surface area contributed by atoms with Gasteiger partial charge in [-0.1, -0.05) is 44.2 Å². The molecule has 2 heteroatoms. The zero-order valence-electron chi connectivity index (χ0n) is 9.52. The van der Waals surface area contributed by atoms with Crippen molar-refractivity contribution >= 4 is 12.6 Å². The number of rotatable bonds is 6. The fourth-order valence-corrected chi connectivity index (χ4v) is 1.89. The van der Waals surface area contributed by atoms with Crippen molar-refractivity contribution in [1.82, 2.24) is 0 Å². The maximum atomic E-state index is 5.69. The molecule has 1 atom stereocenters. The molecule has 1 aromatic rings. The van der Waals surface area contributed by atoms with E-state index in [1.807, 2.05) is 18.2 Å². The summed E-state index contributed by atoms with van der Waals surface area (Å²) in [6.45, 7) is 5.94. The van der Waals surface area contributed by atoms with E-state index in [-0.39, 0.29) is 0 Å². The molecule has 0 aromatic heterocycles. The lowest BCUT2D eigenvalue weighted by molar-refractivity contribution is 0.0798. The Hall–Kier alpha value is -0.470. The number of hydrogen-bond acceptors (Lipinski definition) is 2. The van der Waals surface area contributed by atoms with Crippen molar-refractivity contribution in [3.8, 4) is 0 Å². The number of benzene rings is 1. The van der Waals surface area contributed by atoms with E-state index in [0.717, 1.165) is 12.4 Å². The van der Waals surface area contributed by atoms with Crippen LogP contribution in [0, 0.1) is 11.8 Å². The molecule has 15 heavy (non-hydrogen) atoms. The minimum atomic E-state index is 0.553. The molecule has 1 rings (SSSR count). The van der Waals surface area contributed by atoms with Crippen LogP contribution in [0.1, 0.15) is 19.4 Å². The predicted octanol–water partition coefficient (Wildman–Crippen LogP) is 3.41. The minimum absolute atomic E-state index is 0.553. The third-order valence-corrected chi connectivity index (χ3v) is 3.09. The maximum absolute atomic E-state index is 5.69. The summed E-state index contributed by atoms with van der Waals surface area (Å²) < 4.78 is 5.69. The molecular weight excluding hydrogens is 204 g/mol. The minimum Gasteiger partial charge on any atom is -0.376 e. The molecule has 1 aromatic carbocycles. The lowest BCUT2D eigenvalue weighted by Gasteiger charge is -2.18. The van der Waals surface area contributed by atoms with Gasteiger partial charge >= 0.3 is 0 Å². The second-order valence-corrected chi connectivity index (χ2v) is 4.55. The Balaban J connectivity index is 2.27. The van der Waals surface area contributed by atoms with Gasteiger partial charge in [0.25, 0.3) is 0 Å². The smallest absolute Gasteiger partial charge is 0.0717 e. The van der Waals surface area contributed by atoms with Gasteiger partial charge in [0.15, 0.2) is 0 Å². The maximum Gasteiger partial charge on any atom is 0.0717 e. The van der Waals surface area contributed by atoms with Gasteiger partial charge in [0.1, 0.15) is 0 Å². The first-order valence-corrected chi connectivity index (χ1v) is 6.09. The fourth-order valence-electron chi connectivity index (χ4n) is 1.36. The van der Waals surface area contributed by atoms with Gasteiger partial charge in [0.2, 0.25) is 0 Å². The monoisotopic (exact) mass is 224 g/mol. The van der Waals surface area contributed by atoms with Gasteiger partial charge < -0.3 is 4.74 Å². The molecular formula is C13H20OS. The van der Waals surface area contributed by atoms with Crippen LogP contribution in [0.4, 0.5) is 0 Å². The highest BCUT2D eigenvalue weighted by molar-refractivity contribution is 7.80. The molecule has 0 heterocycles. The molecule has 0 fully saturated rings. The van der Waals surface area contributed by atoms with Crippen molar-refractivity contribution < 1.29 is 4.74 Å². The average Bonchev–Trinajstić information content (AvgIpc) is 2.25. The summed E-state index contributed by atoms with van der Waals surface area (Å²) >= 11 is 4.34. The van der Waals surface area contributed by atoms with Gasteiger partial charge in [-0.25, -0.2) is 0 Å². The van der Waals surface area contributed by atoms with Crippen molar-refractivity contribution in [2.24, 2.45) is 11.8 Å². The molecule has 1 nitrogen and oxygen atoms in total. The molecule has 1 unspecified atom stereocenters. The van der Waals surface area contributed by atoms with Crippen LogP contribution in [0.15, 0.2) is 30.3 Å². The molecule has 0 spiro atoms. The zero-order valence-corrected chi connectivity index (χ0v) is 10.4. The second-order valence-electron chi connectivity index (χ2n) is 4.19. The third kappa shape index (κ3) is 4.72. The van der Waals surface area contributed by atoms with Crippen LogP contribution in [-0.4, -0.2) is 12.4 Å².